The fraction of sp³-hybridized carbons (Fsp3) is 0.562. The lowest BCUT2D eigenvalue weighted by Gasteiger charge is -2.33. The van der Waals surface area contributed by atoms with Gasteiger partial charge in [-0.05, 0) is 36.5 Å². The van der Waals surface area contributed by atoms with Crippen LogP contribution in [-0.4, -0.2) is 36.5 Å². The molecule has 3 nitrogen and oxygen atoms in total. The third-order valence-corrected chi connectivity index (χ3v) is 4.18. The fourth-order valence-corrected chi connectivity index (χ4v) is 3.05. The van der Waals surface area contributed by atoms with E-state index in [1.165, 1.54) is 5.56 Å². The predicted octanol–water partition coefficient (Wildman–Crippen LogP) is 3.04. The largest absolute Gasteiger partial charge is 0.354 e. The molecule has 0 radical (unpaired) electrons. The van der Waals surface area contributed by atoms with Crippen LogP contribution in [0.3, 0.4) is 0 Å². The number of benzene rings is 1. The Hall–Kier alpha value is -1.06. The molecule has 0 aromatic heterocycles. The van der Waals surface area contributed by atoms with Crippen LogP contribution in [0.2, 0.25) is 5.02 Å². The molecule has 0 aliphatic carbocycles. The third-order valence-electron chi connectivity index (χ3n) is 3.94. The number of halogens is 1. The number of amides is 1. The highest BCUT2D eigenvalue weighted by atomic mass is 35.5. The SMILES string of the molecule is CC(=O)NC1CCN(C[C@H](C)c2cccc(Cl)c2)CC1. The van der Waals surface area contributed by atoms with Gasteiger partial charge in [-0.15, -0.1) is 0 Å². The van der Waals surface area contributed by atoms with Crippen LogP contribution < -0.4 is 5.32 Å². The second kappa shape index (κ2) is 7.09. The van der Waals surface area contributed by atoms with E-state index >= 15 is 0 Å². The summed E-state index contributed by atoms with van der Waals surface area (Å²) in [7, 11) is 0. The Labute approximate surface area is 126 Å². The van der Waals surface area contributed by atoms with Gasteiger partial charge in [-0.25, -0.2) is 0 Å². The van der Waals surface area contributed by atoms with Crippen LogP contribution in [0.15, 0.2) is 24.3 Å². The number of likely N-dealkylation sites (tertiary alicyclic amines) is 1. The molecule has 1 aliphatic heterocycles. The molecule has 1 aliphatic rings. The Bertz CT molecular complexity index is 456. The number of hydrogen-bond donors (Lipinski definition) is 1. The minimum absolute atomic E-state index is 0.0794. The minimum Gasteiger partial charge on any atom is -0.354 e. The molecule has 1 heterocycles. The highest BCUT2D eigenvalue weighted by molar-refractivity contribution is 6.30. The van der Waals surface area contributed by atoms with E-state index in [-0.39, 0.29) is 5.91 Å². The van der Waals surface area contributed by atoms with Crippen molar-refractivity contribution in [2.45, 2.75) is 38.6 Å². The van der Waals surface area contributed by atoms with E-state index in [9.17, 15) is 4.79 Å². The molecule has 1 atom stereocenters. The van der Waals surface area contributed by atoms with Gasteiger partial charge in [-0.2, -0.15) is 0 Å². The van der Waals surface area contributed by atoms with E-state index in [0.717, 1.165) is 37.5 Å². The molecule has 0 spiro atoms. The maximum atomic E-state index is 11.1. The highest BCUT2D eigenvalue weighted by Gasteiger charge is 2.21. The number of carbonyl (C=O) groups is 1. The summed E-state index contributed by atoms with van der Waals surface area (Å²) >= 11 is 6.05. The topological polar surface area (TPSA) is 32.3 Å². The molecule has 1 aromatic carbocycles. The summed E-state index contributed by atoms with van der Waals surface area (Å²) in [5.74, 6) is 0.557. The van der Waals surface area contributed by atoms with Crippen LogP contribution in [0, 0.1) is 0 Å². The molecule has 1 N–H and O–H groups in total. The molecule has 1 aromatic rings. The van der Waals surface area contributed by atoms with Crippen molar-refractivity contribution < 1.29 is 4.79 Å². The molecule has 20 heavy (non-hydrogen) atoms. The van der Waals surface area contributed by atoms with Gasteiger partial charge in [0.2, 0.25) is 5.91 Å². The van der Waals surface area contributed by atoms with Crippen molar-refractivity contribution in [3.8, 4) is 0 Å². The Morgan fingerprint density at radius 2 is 2.15 bits per heavy atom. The summed E-state index contributed by atoms with van der Waals surface area (Å²) in [5.41, 5.74) is 1.29. The molecule has 0 saturated carbocycles. The predicted molar refractivity (Wildman–Crippen MR) is 83.1 cm³/mol. The Morgan fingerprint density at radius 1 is 1.45 bits per heavy atom. The van der Waals surface area contributed by atoms with Crippen molar-refractivity contribution in [1.29, 1.82) is 0 Å². The lowest BCUT2D eigenvalue weighted by molar-refractivity contribution is -0.119. The van der Waals surface area contributed by atoms with E-state index in [1.807, 2.05) is 12.1 Å². The summed E-state index contributed by atoms with van der Waals surface area (Å²) in [6.45, 7) is 6.98. The van der Waals surface area contributed by atoms with E-state index in [4.69, 9.17) is 11.6 Å². The maximum Gasteiger partial charge on any atom is 0.217 e. The Balaban J connectivity index is 1.82. The zero-order valence-electron chi connectivity index (χ0n) is 12.2. The molecule has 110 valence electrons. The van der Waals surface area contributed by atoms with Crippen LogP contribution in [-0.2, 0) is 4.79 Å². The molecule has 1 fully saturated rings. The van der Waals surface area contributed by atoms with E-state index in [1.54, 1.807) is 6.92 Å². The first-order valence-electron chi connectivity index (χ1n) is 7.29. The van der Waals surface area contributed by atoms with Gasteiger partial charge < -0.3 is 10.2 Å². The third kappa shape index (κ3) is 4.50. The first-order chi connectivity index (χ1) is 9.54. The quantitative estimate of drug-likeness (QED) is 0.926. The van der Waals surface area contributed by atoms with Crippen molar-refractivity contribution in [3.05, 3.63) is 34.9 Å². The van der Waals surface area contributed by atoms with E-state index < -0.39 is 0 Å². The van der Waals surface area contributed by atoms with Gasteiger partial charge in [0.1, 0.15) is 0 Å². The van der Waals surface area contributed by atoms with Crippen LogP contribution in [0.5, 0.6) is 0 Å². The normalized spacial score (nSPS) is 18.8. The number of nitrogens with one attached hydrogen (secondary N) is 1. The first kappa shape index (κ1) is 15.3. The molecule has 4 heteroatoms. The lowest BCUT2D eigenvalue weighted by atomic mass is 9.98. The van der Waals surface area contributed by atoms with Crippen LogP contribution in [0.25, 0.3) is 0 Å². The van der Waals surface area contributed by atoms with Crippen LogP contribution >= 0.6 is 11.6 Å². The molecule has 0 unspecified atom stereocenters. The van der Waals surface area contributed by atoms with Crippen LogP contribution in [0.4, 0.5) is 0 Å². The van der Waals surface area contributed by atoms with Gasteiger partial charge in [0, 0.05) is 37.6 Å². The number of nitrogens with zero attached hydrogens (tertiary/aromatic N) is 1. The lowest BCUT2D eigenvalue weighted by Crippen LogP contribution is -2.44. The standard InChI is InChI=1S/C16H23ClN2O/c1-12(14-4-3-5-15(17)10-14)11-19-8-6-16(7-9-19)18-13(2)20/h3-5,10,12,16H,6-9,11H2,1-2H3,(H,18,20)/t12-/m0/s1. The molecule has 0 bridgehead atoms. The van der Waals surface area contributed by atoms with Gasteiger partial charge in [0.25, 0.3) is 0 Å². The van der Waals surface area contributed by atoms with E-state index in [2.05, 4.69) is 29.3 Å². The zero-order chi connectivity index (χ0) is 14.5. The zero-order valence-corrected chi connectivity index (χ0v) is 13.0. The average Bonchev–Trinajstić information content (AvgIpc) is 2.40. The molecule has 1 saturated heterocycles. The fourth-order valence-electron chi connectivity index (χ4n) is 2.85. The smallest absolute Gasteiger partial charge is 0.217 e. The summed E-state index contributed by atoms with van der Waals surface area (Å²) in [4.78, 5) is 13.5. The maximum absolute atomic E-state index is 11.1. The van der Waals surface area contributed by atoms with Gasteiger partial charge in [-0.3, -0.25) is 4.79 Å². The second-order valence-corrected chi connectivity index (χ2v) is 6.17. The van der Waals surface area contributed by atoms with Crippen LogP contribution in [0.1, 0.15) is 38.2 Å². The van der Waals surface area contributed by atoms with Gasteiger partial charge in [0.15, 0.2) is 0 Å². The number of piperidine rings is 1. The second-order valence-electron chi connectivity index (χ2n) is 5.73. The molecule has 1 amide bonds. The van der Waals surface area contributed by atoms with E-state index in [0.29, 0.717) is 12.0 Å². The van der Waals surface area contributed by atoms with Crippen molar-refractivity contribution in [2.75, 3.05) is 19.6 Å². The molecule has 2 rings (SSSR count). The van der Waals surface area contributed by atoms with Gasteiger partial charge in [-0.1, -0.05) is 30.7 Å². The average molecular weight is 295 g/mol. The summed E-state index contributed by atoms with van der Waals surface area (Å²) in [5, 5.41) is 3.82. The summed E-state index contributed by atoms with van der Waals surface area (Å²) in [6, 6.07) is 8.47. The summed E-state index contributed by atoms with van der Waals surface area (Å²) in [6.07, 6.45) is 2.09. The molecular weight excluding hydrogens is 272 g/mol. The van der Waals surface area contributed by atoms with Crippen molar-refractivity contribution in [3.63, 3.8) is 0 Å². The Morgan fingerprint density at radius 3 is 2.75 bits per heavy atom. The minimum atomic E-state index is 0.0794. The first-order valence-corrected chi connectivity index (χ1v) is 7.67. The monoisotopic (exact) mass is 294 g/mol. The van der Waals surface area contributed by atoms with Gasteiger partial charge in [0.05, 0.1) is 0 Å². The summed E-state index contributed by atoms with van der Waals surface area (Å²) < 4.78 is 0. The van der Waals surface area contributed by atoms with Crippen molar-refractivity contribution >= 4 is 17.5 Å². The number of hydrogen-bond acceptors (Lipinski definition) is 2. The number of carbonyl (C=O) groups excluding carboxylic acids is 1. The number of rotatable bonds is 4. The van der Waals surface area contributed by atoms with Crippen molar-refractivity contribution in [1.82, 2.24) is 10.2 Å². The highest BCUT2D eigenvalue weighted by Crippen LogP contribution is 2.22. The van der Waals surface area contributed by atoms with Crippen molar-refractivity contribution in [2.24, 2.45) is 0 Å². The molecular formula is C16H23ClN2O. The van der Waals surface area contributed by atoms with Gasteiger partial charge >= 0.3 is 0 Å². The Kier molecular flexibility index (Phi) is 5.44.